The Morgan fingerprint density at radius 2 is 1.29 bits per heavy atom. The molecule has 0 aliphatic heterocycles. The van der Waals surface area contributed by atoms with E-state index in [2.05, 4.69) is 0 Å². The van der Waals surface area contributed by atoms with E-state index in [4.69, 9.17) is 19.7 Å². The van der Waals surface area contributed by atoms with Crippen molar-refractivity contribution in [3.05, 3.63) is 0 Å². The third kappa shape index (κ3) is 9.88. The van der Waals surface area contributed by atoms with Gasteiger partial charge in [0.25, 0.3) is 0 Å². The molecule has 0 unspecified atom stereocenters. The summed E-state index contributed by atoms with van der Waals surface area (Å²) in [7, 11) is 0. The molecule has 5 nitrogen and oxygen atoms in total. The van der Waals surface area contributed by atoms with Crippen LogP contribution in [0.5, 0.6) is 0 Å². The Bertz CT molecular complexity index is 97.4. The summed E-state index contributed by atoms with van der Waals surface area (Å²) in [6.07, 6.45) is 0.531. The van der Waals surface area contributed by atoms with E-state index >= 15 is 0 Å². The van der Waals surface area contributed by atoms with Gasteiger partial charge in [0, 0.05) is 26.4 Å². The molecule has 0 amide bonds. The molecule has 0 aliphatic rings. The zero-order valence-electron chi connectivity index (χ0n) is 8.39. The number of hydrogen-bond acceptors (Lipinski definition) is 5. The third-order valence-electron chi connectivity index (χ3n) is 1.51. The van der Waals surface area contributed by atoms with Crippen LogP contribution in [0.3, 0.4) is 0 Å². The molecule has 3 N–H and O–H groups in total. The highest BCUT2D eigenvalue weighted by atomic mass is 16.5. The van der Waals surface area contributed by atoms with Crippen LogP contribution in [0.25, 0.3) is 0 Å². The minimum atomic E-state index is -0.632. The molecule has 0 radical (unpaired) electrons. The van der Waals surface area contributed by atoms with Crippen molar-refractivity contribution in [3.63, 3.8) is 0 Å². The van der Waals surface area contributed by atoms with Crippen LogP contribution < -0.4 is 0 Å². The Balaban J connectivity index is 3.07. The molecule has 0 spiro atoms. The summed E-state index contributed by atoms with van der Waals surface area (Å²) in [5.74, 6) is 0. The Labute approximate surface area is 84.3 Å². The SMILES string of the molecule is OCCCOCC(O)COCCCO. The second-order valence-corrected chi connectivity index (χ2v) is 2.96. The van der Waals surface area contributed by atoms with E-state index in [1.54, 1.807) is 0 Å². The molecular formula is C9H20O5. The van der Waals surface area contributed by atoms with Crippen molar-refractivity contribution in [3.8, 4) is 0 Å². The molecule has 0 aromatic carbocycles. The fourth-order valence-corrected chi connectivity index (χ4v) is 0.820. The smallest absolute Gasteiger partial charge is 0.101 e. The zero-order chi connectivity index (χ0) is 10.6. The van der Waals surface area contributed by atoms with Crippen LogP contribution in [-0.2, 0) is 9.47 Å². The number of ether oxygens (including phenoxy) is 2. The lowest BCUT2D eigenvalue weighted by molar-refractivity contribution is -0.0227. The highest BCUT2D eigenvalue weighted by molar-refractivity contribution is 4.51. The van der Waals surface area contributed by atoms with Gasteiger partial charge in [0.1, 0.15) is 6.10 Å². The lowest BCUT2D eigenvalue weighted by atomic mass is 10.4. The standard InChI is InChI=1S/C9H20O5/c10-3-1-5-13-7-9(12)8-14-6-2-4-11/h9-12H,1-8H2. The minimum absolute atomic E-state index is 0.100. The minimum Gasteiger partial charge on any atom is -0.396 e. The van der Waals surface area contributed by atoms with E-state index in [1.807, 2.05) is 0 Å². The summed E-state index contributed by atoms with van der Waals surface area (Å²) < 4.78 is 10.1. The van der Waals surface area contributed by atoms with Gasteiger partial charge in [-0.15, -0.1) is 0 Å². The summed E-state index contributed by atoms with van der Waals surface area (Å²) in [6.45, 7) is 1.54. The van der Waals surface area contributed by atoms with Crippen LogP contribution in [0, 0.1) is 0 Å². The predicted molar refractivity (Wildman–Crippen MR) is 51.1 cm³/mol. The van der Waals surface area contributed by atoms with E-state index in [-0.39, 0.29) is 26.4 Å². The molecule has 5 heteroatoms. The molecular weight excluding hydrogens is 188 g/mol. The lowest BCUT2D eigenvalue weighted by Crippen LogP contribution is -2.22. The summed E-state index contributed by atoms with van der Waals surface area (Å²) >= 11 is 0. The zero-order valence-corrected chi connectivity index (χ0v) is 8.39. The first-order chi connectivity index (χ1) is 6.81. The van der Waals surface area contributed by atoms with Crippen LogP contribution in [0.1, 0.15) is 12.8 Å². The molecule has 86 valence electrons. The van der Waals surface area contributed by atoms with Crippen molar-refractivity contribution in [2.75, 3.05) is 39.6 Å². The molecule has 0 saturated heterocycles. The van der Waals surface area contributed by atoms with Crippen LogP contribution in [0.4, 0.5) is 0 Å². The molecule has 0 saturated carbocycles. The average Bonchev–Trinajstić information content (AvgIpc) is 2.19. The van der Waals surface area contributed by atoms with Gasteiger partial charge in [0.15, 0.2) is 0 Å². The largest absolute Gasteiger partial charge is 0.396 e. The summed E-state index contributed by atoms with van der Waals surface area (Å²) in [5, 5.41) is 26.2. The monoisotopic (exact) mass is 208 g/mol. The van der Waals surface area contributed by atoms with Gasteiger partial charge in [-0.1, -0.05) is 0 Å². The van der Waals surface area contributed by atoms with E-state index in [1.165, 1.54) is 0 Å². The molecule has 0 fully saturated rings. The topological polar surface area (TPSA) is 79.2 Å². The average molecular weight is 208 g/mol. The van der Waals surface area contributed by atoms with Gasteiger partial charge >= 0.3 is 0 Å². The van der Waals surface area contributed by atoms with Crippen molar-refractivity contribution >= 4 is 0 Å². The lowest BCUT2D eigenvalue weighted by Gasteiger charge is -2.11. The highest BCUT2D eigenvalue weighted by Gasteiger charge is 2.03. The second kappa shape index (κ2) is 10.9. The Hall–Kier alpha value is -0.200. The fraction of sp³-hybridized carbons (Fsp3) is 1.00. The Kier molecular flexibility index (Phi) is 10.7. The molecule has 0 bridgehead atoms. The summed E-state index contributed by atoms with van der Waals surface area (Å²) in [6, 6.07) is 0. The maximum atomic E-state index is 9.27. The molecule has 0 heterocycles. The van der Waals surface area contributed by atoms with Gasteiger partial charge in [0.05, 0.1) is 13.2 Å². The first-order valence-electron chi connectivity index (χ1n) is 4.86. The Morgan fingerprint density at radius 3 is 1.64 bits per heavy atom. The highest BCUT2D eigenvalue weighted by Crippen LogP contribution is 1.90. The van der Waals surface area contributed by atoms with Crippen molar-refractivity contribution in [2.24, 2.45) is 0 Å². The van der Waals surface area contributed by atoms with Crippen LogP contribution in [0.15, 0.2) is 0 Å². The van der Waals surface area contributed by atoms with Gasteiger partial charge < -0.3 is 24.8 Å². The van der Waals surface area contributed by atoms with Crippen molar-refractivity contribution in [1.82, 2.24) is 0 Å². The van der Waals surface area contributed by atoms with Gasteiger partial charge in [-0.25, -0.2) is 0 Å². The quantitative estimate of drug-likeness (QED) is 0.407. The van der Waals surface area contributed by atoms with Gasteiger partial charge in [-0.2, -0.15) is 0 Å². The molecule has 0 rings (SSSR count). The van der Waals surface area contributed by atoms with E-state index in [0.29, 0.717) is 26.1 Å². The molecule has 0 atom stereocenters. The third-order valence-corrected chi connectivity index (χ3v) is 1.51. The first-order valence-corrected chi connectivity index (χ1v) is 4.86. The maximum Gasteiger partial charge on any atom is 0.101 e. The second-order valence-electron chi connectivity index (χ2n) is 2.96. The van der Waals surface area contributed by atoms with Gasteiger partial charge in [-0.3, -0.25) is 0 Å². The molecule has 0 aliphatic carbocycles. The van der Waals surface area contributed by atoms with Crippen molar-refractivity contribution < 1.29 is 24.8 Å². The van der Waals surface area contributed by atoms with Crippen molar-refractivity contribution in [1.29, 1.82) is 0 Å². The maximum absolute atomic E-state index is 9.27. The molecule has 0 aromatic heterocycles. The summed E-state index contributed by atoms with van der Waals surface area (Å²) in [5.41, 5.74) is 0. The van der Waals surface area contributed by atoms with E-state index in [9.17, 15) is 5.11 Å². The van der Waals surface area contributed by atoms with Gasteiger partial charge in [-0.05, 0) is 12.8 Å². The number of aliphatic hydroxyl groups is 3. The number of rotatable bonds is 10. The molecule has 0 aromatic rings. The van der Waals surface area contributed by atoms with Crippen LogP contribution >= 0.6 is 0 Å². The number of aliphatic hydroxyl groups excluding tert-OH is 3. The predicted octanol–water partition coefficient (Wildman–Crippen LogP) is -0.855. The molecule has 14 heavy (non-hydrogen) atoms. The first kappa shape index (κ1) is 13.8. The Morgan fingerprint density at radius 1 is 0.857 bits per heavy atom. The van der Waals surface area contributed by atoms with E-state index in [0.717, 1.165) is 0 Å². The van der Waals surface area contributed by atoms with E-state index < -0.39 is 6.10 Å². The van der Waals surface area contributed by atoms with Crippen molar-refractivity contribution in [2.45, 2.75) is 18.9 Å². The van der Waals surface area contributed by atoms with Gasteiger partial charge in [0.2, 0.25) is 0 Å². The fourth-order valence-electron chi connectivity index (χ4n) is 0.820. The normalized spacial score (nSPS) is 11.1. The van der Waals surface area contributed by atoms with Crippen LogP contribution in [-0.4, -0.2) is 61.1 Å². The number of hydrogen-bond donors (Lipinski definition) is 3. The summed E-state index contributed by atoms with van der Waals surface area (Å²) in [4.78, 5) is 0. The van der Waals surface area contributed by atoms with Crippen LogP contribution in [0.2, 0.25) is 0 Å².